The second-order valence-corrected chi connectivity index (χ2v) is 8.17. The van der Waals surface area contributed by atoms with E-state index in [1.807, 2.05) is 41.5 Å². The first-order valence-corrected chi connectivity index (χ1v) is 10.7. The topological polar surface area (TPSA) is 59.7 Å². The van der Waals surface area contributed by atoms with Gasteiger partial charge in [-0.1, -0.05) is 36.4 Å². The molecule has 32 heavy (non-hydrogen) atoms. The molecule has 6 nitrogen and oxygen atoms in total. The predicted molar refractivity (Wildman–Crippen MR) is 130 cm³/mol. The van der Waals surface area contributed by atoms with Crippen LogP contribution in [0.5, 0.6) is 0 Å². The Kier molecular flexibility index (Phi) is 6.32. The number of nitrogens with zero attached hydrogens (tertiary/aromatic N) is 4. The molecule has 0 unspecified atom stereocenters. The minimum Gasteiger partial charge on any atom is -0.330 e. The van der Waals surface area contributed by atoms with Crippen LogP contribution in [-0.4, -0.2) is 24.7 Å². The molecule has 0 aliphatic rings. The number of aryl methyl sites for hydroxylation is 2. The van der Waals surface area contributed by atoms with Crippen LogP contribution in [0, 0.1) is 26.6 Å². The van der Waals surface area contributed by atoms with E-state index in [-0.39, 0.29) is 5.82 Å². The van der Waals surface area contributed by atoms with Crippen molar-refractivity contribution in [3.8, 4) is 0 Å². The van der Waals surface area contributed by atoms with Crippen molar-refractivity contribution in [2.24, 2.45) is 0 Å². The molecule has 0 radical (unpaired) electrons. The number of benzene rings is 2. The standard InChI is InChI=1S/C24H25FN6S/c1-16-6-4-5-7-20(16)14-30-15-22(12-26-30)27-24(32)28-23-17(2)29-31(18(23)3)13-19-8-10-21(25)11-9-19/h4-12,15H,13-14H2,1-3H3,(H2,27,28,32). The summed E-state index contributed by atoms with van der Waals surface area (Å²) in [6.45, 7) is 7.26. The molecule has 4 aromatic rings. The van der Waals surface area contributed by atoms with Gasteiger partial charge in [-0.05, 0) is 61.8 Å². The Morgan fingerprint density at radius 2 is 1.75 bits per heavy atom. The van der Waals surface area contributed by atoms with Gasteiger partial charge in [0.15, 0.2) is 5.11 Å². The van der Waals surface area contributed by atoms with Crippen LogP contribution in [0.2, 0.25) is 0 Å². The van der Waals surface area contributed by atoms with Gasteiger partial charge in [-0.3, -0.25) is 9.36 Å². The number of anilines is 2. The van der Waals surface area contributed by atoms with Crippen molar-refractivity contribution in [3.63, 3.8) is 0 Å². The fraction of sp³-hybridized carbons (Fsp3) is 0.208. The molecule has 2 aromatic carbocycles. The molecule has 0 amide bonds. The van der Waals surface area contributed by atoms with Gasteiger partial charge in [-0.15, -0.1) is 0 Å². The molecular weight excluding hydrogens is 423 g/mol. The summed E-state index contributed by atoms with van der Waals surface area (Å²) in [7, 11) is 0. The maximum Gasteiger partial charge on any atom is 0.175 e. The maximum absolute atomic E-state index is 13.2. The lowest BCUT2D eigenvalue weighted by molar-refractivity contribution is 0.622. The lowest BCUT2D eigenvalue weighted by Gasteiger charge is -2.10. The van der Waals surface area contributed by atoms with Crippen molar-refractivity contribution >= 4 is 28.7 Å². The molecule has 0 saturated heterocycles. The van der Waals surface area contributed by atoms with Gasteiger partial charge in [0, 0.05) is 6.20 Å². The number of aromatic nitrogens is 4. The van der Waals surface area contributed by atoms with Crippen LogP contribution >= 0.6 is 12.2 Å². The SMILES string of the molecule is Cc1ccccc1Cn1cc(NC(=S)Nc2c(C)nn(Cc3ccc(F)cc3)c2C)cn1. The van der Waals surface area contributed by atoms with Gasteiger partial charge < -0.3 is 10.6 Å². The van der Waals surface area contributed by atoms with Crippen LogP contribution in [-0.2, 0) is 13.1 Å². The van der Waals surface area contributed by atoms with Gasteiger partial charge in [-0.25, -0.2) is 4.39 Å². The minimum absolute atomic E-state index is 0.247. The second kappa shape index (κ2) is 9.32. The van der Waals surface area contributed by atoms with Crippen molar-refractivity contribution in [2.75, 3.05) is 10.6 Å². The summed E-state index contributed by atoms with van der Waals surface area (Å²) in [4.78, 5) is 0. The van der Waals surface area contributed by atoms with Crippen LogP contribution in [0.3, 0.4) is 0 Å². The molecule has 164 valence electrons. The average Bonchev–Trinajstić information content (AvgIpc) is 3.30. The molecule has 0 spiro atoms. The lowest BCUT2D eigenvalue weighted by Crippen LogP contribution is -2.19. The summed E-state index contributed by atoms with van der Waals surface area (Å²) >= 11 is 5.51. The van der Waals surface area contributed by atoms with Crippen molar-refractivity contribution < 1.29 is 4.39 Å². The number of thiocarbonyl (C=S) groups is 1. The highest BCUT2D eigenvalue weighted by atomic mass is 32.1. The zero-order valence-corrected chi connectivity index (χ0v) is 19.1. The van der Waals surface area contributed by atoms with Gasteiger partial charge in [0.2, 0.25) is 0 Å². The van der Waals surface area contributed by atoms with Crippen molar-refractivity contribution in [1.82, 2.24) is 19.6 Å². The first-order chi connectivity index (χ1) is 15.4. The van der Waals surface area contributed by atoms with Crippen LogP contribution in [0.25, 0.3) is 0 Å². The monoisotopic (exact) mass is 448 g/mol. The average molecular weight is 449 g/mol. The molecule has 0 atom stereocenters. The number of rotatable bonds is 6. The molecule has 2 aromatic heterocycles. The smallest absolute Gasteiger partial charge is 0.175 e. The first-order valence-electron chi connectivity index (χ1n) is 10.3. The Labute approximate surface area is 192 Å². The van der Waals surface area contributed by atoms with Crippen LogP contribution in [0.4, 0.5) is 15.8 Å². The van der Waals surface area contributed by atoms with Gasteiger partial charge in [0.1, 0.15) is 5.82 Å². The minimum atomic E-state index is -0.247. The second-order valence-electron chi connectivity index (χ2n) is 7.76. The molecule has 2 N–H and O–H groups in total. The number of hydrogen-bond acceptors (Lipinski definition) is 3. The summed E-state index contributed by atoms with van der Waals surface area (Å²) in [5, 5.41) is 15.9. The van der Waals surface area contributed by atoms with Gasteiger partial charge in [-0.2, -0.15) is 10.2 Å². The van der Waals surface area contributed by atoms with E-state index in [2.05, 4.69) is 39.9 Å². The normalized spacial score (nSPS) is 10.9. The summed E-state index contributed by atoms with van der Waals surface area (Å²) in [5.74, 6) is -0.247. The summed E-state index contributed by atoms with van der Waals surface area (Å²) < 4.78 is 16.9. The first kappa shape index (κ1) is 21.7. The molecule has 0 bridgehead atoms. The van der Waals surface area contributed by atoms with E-state index < -0.39 is 0 Å². The molecule has 0 fully saturated rings. The quantitative estimate of drug-likeness (QED) is 0.404. The molecule has 8 heteroatoms. The third-order valence-corrected chi connectivity index (χ3v) is 5.55. The van der Waals surface area contributed by atoms with Crippen molar-refractivity contribution in [2.45, 2.75) is 33.9 Å². The van der Waals surface area contributed by atoms with Gasteiger partial charge >= 0.3 is 0 Å². The zero-order chi connectivity index (χ0) is 22.7. The number of nitrogens with one attached hydrogen (secondary N) is 2. The summed E-state index contributed by atoms with van der Waals surface area (Å²) in [6.07, 6.45) is 3.68. The lowest BCUT2D eigenvalue weighted by atomic mass is 10.1. The van der Waals surface area contributed by atoms with Crippen LogP contribution < -0.4 is 10.6 Å². The van der Waals surface area contributed by atoms with Gasteiger partial charge in [0.25, 0.3) is 0 Å². The van der Waals surface area contributed by atoms with E-state index in [0.717, 1.165) is 28.3 Å². The third kappa shape index (κ3) is 5.03. The van der Waals surface area contributed by atoms with E-state index in [4.69, 9.17) is 12.2 Å². The highest BCUT2D eigenvalue weighted by Gasteiger charge is 2.14. The van der Waals surface area contributed by atoms with E-state index in [0.29, 0.717) is 18.2 Å². The Morgan fingerprint density at radius 3 is 2.50 bits per heavy atom. The Morgan fingerprint density at radius 1 is 1.00 bits per heavy atom. The Bertz CT molecular complexity index is 1240. The Balaban J connectivity index is 1.40. The summed E-state index contributed by atoms with van der Waals surface area (Å²) in [5.41, 5.74) is 6.89. The molecule has 4 rings (SSSR count). The van der Waals surface area contributed by atoms with Crippen molar-refractivity contribution in [3.05, 3.63) is 94.8 Å². The zero-order valence-electron chi connectivity index (χ0n) is 18.3. The van der Waals surface area contributed by atoms with E-state index in [9.17, 15) is 4.39 Å². The largest absolute Gasteiger partial charge is 0.330 e. The number of hydrogen-bond donors (Lipinski definition) is 2. The van der Waals surface area contributed by atoms with Crippen LogP contribution in [0.15, 0.2) is 60.9 Å². The van der Waals surface area contributed by atoms with E-state index in [1.54, 1.807) is 18.3 Å². The highest BCUT2D eigenvalue weighted by molar-refractivity contribution is 7.80. The van der Waals surface area contributed by atoms with E-state index >= 15 is 0 Å². The third-order valence-electron chi connectivity index (χ3n) is 5.35. The summed E-state index contributed by atoms with van der Waals surface area (Å²) in [6, 6.07) is 14.7. The molecular formula is C24H25FN6S. The van der Waals surface area contributed by atoms with Crippen molar-refractivity contribution in [1.29, 1.82) is 0 Å². The number of halogens is 1. The maximum atomic E-state index is 13.2. The van der Waals surface area contributed by atoms with Crippen LogP contribution in [0.1, 0.15) is 28.1 Å². The molecule has 0 aliphatic carbocycles. The fourth-order valence-electron chi connectivity index (χ4n) is 3.55. The molecule has 2 heterocycles. The molecule has 0 aliphatic heterocycles. The molecule has 0 saturated carbocycles. The predicted octanol–water partition coefficient (Wildman–Crippen LogP) is 5.05. The Hall–Kier alpha value is -3.52. The van der Waals surface area contributed by atoms with Gasteiger partial charge in [0.05, 0.1) is 42.0 Å². The fourth-order valence-corrected chi connectivity index (χ4v) is 3.77. The highest BCUT2D eigenvalue weighted by Crippen LogP contribution is 2.21. The van der Waals surface area contributed by atoms with E-state index in [1.165, 1.54) is 23.3 Å².